The highest BCUT2D eigenvalue weighted by atomic mass is 32.2. The zero-order chi connectivity index (χ0) is 13.3. The first-order valence-corrected chi connectivity index (χ1v) is 8.41. The van der Waals surface area contributed by atoms with E-state index in [1.165, 1.54) is 11.3 Å². The van der Waals surface area contributed by atoms with Gasteiger partial charge in [0.25, 0.3) is 0 Å². The van der Waals surface area contributed by atoms with Crippen LogP contribution in [0.25, 0.3) is 0 Å². The largest absolute Gasteiger partial charge is 0.391 e. The molecule has 1 aliphatic heterocycles. The SMILES string of the molecule is Cc1sc(CO)cc1S(=O)(=O)N1CCC(C)CC1. The Morgan fingerprint density at radius 2 is 2.06 bits per heavy atom. The molecule has 1 fully saturated rings. The Kier molecular flexibility index (Phi) is 4.11. The summed E-state index contributed by atoms with van der Waals surface area (Å²) in [6, 6.07) is 1.60. The molecule has 1 N–H and O–H groups in total. The fraction of sp³-hybridized carbons (Fsp3) is 0.667. The van der Waals surface area contributed by atoms with Crippen molar-refractivity contribution in [3.63, 3.8) is 0 Å². The topological polar surface area (TPSA) is 57.6 Å². The van der Waals surface area contributed by atoms with E-state index in [9.17, 15) is 8.42 Å². The smallest absolute Gasteiger partial charge is 0.244 e. The maximum absolute atomic E-state index is 12.5. The lowest BCUT2D eigenvalue weighted by molar-refractivity contribution is 0.284. The number of nitrogens with zero attached hydrogens (tertiary/aromatic N) is 1. The van der Waals surface area contributed by atoms with Gasteiger partial charge in [-0.25, -0.2) is 8.42 Å². The molecule has 2 rings (SSSR count). The molecule has 1 saturated heterocycles. The summed E-state index contributed by atoms with van der Waals surface area (Å²) in [6.45, 7) is 5.06. The van der Waals surface area contributed by atoms with Gasteiger partial charge in [-0.15, -0.1) is 11.3 Å². The average molecular weight is 289 g/mol. The molecule has 0 aromatic carbocycles. The highest BCUT2D eigenvalue weighted by molar-refractivity contribution is 7.89. The van der Waals surface area contributed by atoms with E-state index in [0.29, 0.717) is 28.8 Å². The second kappa shape index (κ2) is 5.28. The van der Waals surface area contributed by atoms with Crippen LogP contribution in [0.4, 0.5) is 0 Å². The highest BCUT2D eigenvalue weighted by Gasteiger charge is 2.30. The van der Waals surface area contributed by atoms with E-state index in [0.717, 1.165) is 17.7 Å². The predicted molar refractivity (Wildman–Crippen MR) is 72.1 cm³/mol. The van der Waals surface area contributed by atoms with Crippen molar-refractivity contribution in [3.8, 4) is 0 Å². The number of sulfonamides is 1. The van der Waals surface area contributed by atoms with Crippen molar-refractivity contribution in [2.75, 3.05) is 13.1 Å². The van der Waals surface area contributed by atoms with Crippen LogP contribution in [0.2, 0.25) is 0 Å². The van der Waals surface area contributed by atoms with E-state index in [1.807, 2.05) is 0 Å². The van der Waals surface area contributed by atoms with Crippen LogP contribution < -0.4 is 0 Å². The number of aliphatic hydroxyl groups is 1. The molecular weight excluding hydrogens is 270 g/mol. The van der Waals surface area contributed by atoms with Crippen molar-refractivity contribution in [2.24, 2.45) is 5.92 Å². The summed E-state index contributed by atoms with van der Waals surface area (Å²) in [6.07, 6.45) is 1.85. The van der Waals surface area contributed by atoms with Crippen LogP contribution in [0.3, 0.4) is 0 Å². The van der Waals surface area contributed by atoms with Crippen LogP contribution in [-0.4, -0.2) is 30.9 Å². The zero-order valence-electron chi connectivity index (χ0n) is 10.7. The molecule has 1 aliphatic rings. The van der Waals surface area contributed by atoms with Gasteiger partial charge in [0, 0.05) is 22.8 Å². The van der Waals surface area contributed by atoms with Crippen molar-refractivity contribution in [3.05, 3.63) is 15.8 Å². The van der Waals surface area contributed by atoms with Gasteiger partial charge in [-0.2, -0.15) is 4.31 Å². The van der Waals surface area contributed by atoms with Gasteiger partial charge in [-0.05, 0) is 31.7 Å². The zero-order valence-corrected chi connectivity index (χ0v) is 12.4. The van der Waals surface area contributed by atoms with Gasteiger partial charge in [0.15, 0.2) is 0 Å². The summed E-state index contributed by atoms with van der Waals surface area (Å²) < 4.78 is 26.6. The molecule has 18 heavy (non-hydrogen) atoms. The number of aryl methyl sites for hydroxylation is 1. The summed E-state index contributed by atoms with van der Waals surface area (Å²) in [5.74, 6) is 0.605. The molecule has 0 saturated carbocycles. The number of hydrogen-bond donors (Lipinski definition) is 1. The van der Waals surface area contributed by atoms with E-state index < -0.39 is 10.0 Å². The number of thiophene rings is 1. The Morgan fingerprint density at radius 3 is 2.56 bits per heavy atom. The normalized spacial score (nSPS) is 19.3. The van der Waals surface area contributed by atoms with Crippen LogP contribution in [0.1, 0.15) is 29.5 Å². The fourth-order valence-electron chi connectivity index (χ4n) is 2.22. The third kappa shape index (κ3) is 2.61. The van der Waals surface area contributed by atoms with Crippen LogP contribution in [0.15, 0.2) is 11.0 Å². The van der Waals surface area contributed by atoms with Crippen molar-refractivity contribution < 1.29 is 13.5 Å². The minimum Gasteiger partial charge on any atom is -0.391 e. The maximum atomic E-state index is 12.5. The first kappa shape index (κ1) is 14.0. The third-order valence-corrected chi connectivity index (χ3v) is 6.63. The summed E-state index contributed by atoms with van der Waals surface area (Å²) in [5, 5.41) is 9.09. The maximum Gasteiger partial charge on any atom is 0.244 e. The van der Waals surface area contributed by atoms with E-state index >= 15 is 0 Å². The Balaban J connectivity index is 2.27. The van der Waals surface area contributed by atoms with E-state index in [1.54, 1.807) is 17.3 Å². The molecule has 0 radical (unpaired) electrons. The van der Waals surface area contributed by atoms with Gasteiger partial charge >= 0.3 is 0 Å². The average Bonchev–Trinajstić information content (AvgIpc) is 2.72. The Morgan fingerprint density at radius 1 is 1.44 bits per heavy atom. The molecule has 6 heteroatoms. The quantitative estimate of drug-likeness (QED) is 0.925. The Hall–Kier alpha value is -0.430. The summed E-state index contributed by atoms with van der Waals surface area (Å²) in [4.78, 5) is 1.83. The van der Waals surface area contributed by atoms with Crippen molar-refractivity contribution >= 4 is 21.4 Å². The molecule has 0 aliphatic carbocycles. The van der Waals surface area contributed by atoms with Crippen molar-refractivity contribution in [2.45, 2.75) is 38.2 Å². The number of piperidine rings is 1. The van der Waals surface area contributed by atoms with Gasteiger partial charge in [-0.1, -0.05) is 6.92 Å². The molecule has 1 aromatic rings. The molecule has 0 spiro atoms. The van der Waals surface area contributed by atoms with E-state index in [4.69, 9.17) is 5.11 Å². The number of aliphatic hydroxyl groups excluding tert-OH is 1. The lowest BCUT2D eigenvalue weighted by Gasteiger charge is -2.29. The molecule has 0 atom stereocenters. The van der Waals surface area contributed by atoms with Crippen LogP contribution in [0, 0.1) is 12.8 Å². The van der Waals surface area contributed by atoms with Gasteiger partial charge < -0.3 is 5.11 Å². The Labute approximate surface area is 112 Å². The number of rotatable bonds is 3. The second-order valence-electron chi connectivity index (χ2n) is 4.88. The molecule has 4 nitrogen and oxygen atoms in total. The van der Waals surface area contributed by atoms with Gasteiger partial charge in [-0.3, -0.25) is 0 Å². The van der Waals surface area contributed by atoms with Crippen LogP contribution >= 0.6 is 11.3 Å². The van der Waals surface area contributed by atoms with E-state index in [-0.39, 0.29) is 6.61 Å². The predicted octanol–water partition coefficient (Wildman–Crippen LogP) is 1.97. The Bertz CT molecular complexity index is 513. The third-order valence-electron chi connectivity index (χ3n) is 3.44. The molecule has 2 heterocycles. The lowest BCUT2D eigenvalue weighted by atomic mass is 10.0. The van der Waals surface area contributed by atoms with Gasteiger partial charge in [0.2, 0.25) is 10.0 Å². The molecular formula is C12H19NO3S2. The van der Waals surface area contributed by atoms with Crippen LogP contribution in [-0.2, 0) is 16.6 Å². The van der Waals surface area contributed by atoms with Crippen molar-refractivity contribution in [1.82, 2.24) is 4.31 Å². The molecule has 0 unspecified atom stereocenters. The summed E-state index contributed by atoms with van der Waals surface area (Å²) in [7, 11) is -3.37. The minimum absolute atomic E-state index is 0.0991. The summed E-state index contributed by atoms with van der Waals surface area (Å²) >= 11 is 1.35. The number of hydrogen-bond acceptors (Lipinski definition) is 4. The van der Waals surface area contributed by atoms with Crippen molar-refractivity contribution in [1.29, 1.82) is 0 Å². The lowest BCUT2D eigenvalue weighted by Crippen LogP contribution is -2.37. The van der Waals surface area contributed by atoms with Gasteiger partial charge in [0.05, 0.1) is 11.5 Å². The molecule has 0 bridgehead atoms. The highest BCUT2D eigenvalue weighted by Crippen LogP contribution is 2.30. The second-order valence-corrected chi connectivity index (χ2v) is 8.13. The fourth-order valence-corrected chi connectivity index (χ4v) is 5.16. The molecule has 0 amide bonds. The first-order valence-electron chi connectivity index (χ1n) is 6.15. The van der Waals surface area contributed by atoms with E-state index in [2.05, 4.69) is 6.92 Å². The van der Waals surface area contributed by atoms with Crippen LogP contribution in [0.5, 0.6) is 0 Å². The minimum atomic E-state index is -3.37. The standard InChI is InChI=1S/C12H19NO3S2/c1-9-3-5-13(6-4-9)18(15,16)12-7-11(8-14)17-10(12)2/h7,9,14H,3-6,8H2,1-2H3. The van der Waals surface area contributed by atoms with Gasteiger partial charge in [0.1, 0.15) is 0 Å². The monoisotopic (exact) mass is 289 g/mol. The first-order chi connectivity index (χ1) is 8.45. The molecule has 102 valence electrons. The summed E-state index contributed by atoms with van der Waals surface area (Å²) in [5.41, 5.74) is 0. The molecule has 1 aromatic heterocycles.